The van der Waals surface area contributed by atoms with Crippen LogP contribution in [0.3, 0.4) is 0 Å². The smallest absolute Gasteiger partial charge is 0.412 e. The first-order valence-corrected chi connectivity index (χ1v) is 6.35. The normalized spacial score (nSPS) is 23.8. The van der Waals surface area contributed by atoms with Gasteiger partial charge in [-0.25, -0.2) is 9.59 Å². The van der Waals surface area contributed by atoms with Gasteiger partial charge in [0.25, 0.3) is 0 Å². The van der Waals surface area contributed by atoms with Gasteiger partial charge in [-0.05, 0) is 19.3 Å². The Labute approximate surface area is 113 Å². The van der Waals surface area contributed by atoms with E-state index in [4.69, 9.17) is 5.11 Å². The molecule has 0 radical (unpaired) electrons. The molecule has 0 bridgehead atoms. The number of nitrogens with zero attached hydrogens (tertiary/aromatic N) is 2. The predicted molar refractivity (Wildman–Crippen MR) is 63.1 cm³/mol. The van der Waals surface area contributed by atoms with E-state index in [1.165, 1.54) is 9.80 Å². The van der Waals surface area contributed by atoms with Crippen LogP contribution < -0.4 is 0 Å². The number of carbonyl (C=O) groups excluding carboxylic acids is 1. The third-order valence-electron chi connectivity index (χ3n) is 3.63. The third-order valence-corrected chi connectivity index (χ3v) is 3.63. The van der Waals surface area contributed by atoms with Gasteiger partial charge in [-0.3, -0.25) is 0 Å². The van der Waals surface area contributed by atoms with Crippen LogP contribution >= 0.6 is 0 Å². The van der Waals surface area contributed by atoms with Gasteiger partial charge in [0.05, 0.1) is 0 Å². The second-order valence-corrected chi connectivity index (χ2v) is 4.90. The molecular formula is C12H15F3N2O3. The van der Waals surface area contributed by atoms with Gasteiger partial charge in [-0.2, -0.15) is 13.2 Å². The maximum atomic E-state index is 12.5. The van der Waals surface area contributed by atoms with Crippen LogP contribution in [0.2, 0.25) is 0 Å². The lowest BCUT2D eigenvalue weighted by atomic mass is 10.1. The highest BCUT2D eigenvalue weighted by Crippen LogP contribution is 2.30. The van der Waals surface area contributed by atoms with Crippen LogP contribution in [0.25, 0.3) is 0 Å². The Morgan fingerprint density at radius 1 is 1.30 bits per heavy atom. The lowest BCUT2D eigenvalue weighted by molar-refractivity contribution is -0.141. The lowest BCUT2D eigenvalue weighted by Crippen LogP contribution is -2.49. The number of rotatable bonds is 1. The van der Waals surface area contributed by atoms with E-state index in [2.05, 4.69) is 0 Å². The van der Waals surface area contributed by atoms with Crippen molar-refractivity contribution in [3.8, 4) is 0 Å². The molecule has 2 amide bonds. The van der Waals surface area contributed by atoms with E-state index >= 15 is 0 Å². The molecule has 0 spiro atoms. The number of halogens is 3. The molecule has 1 atom stereocenters. The Morgan fingerprint density at radius 3 is 2.50 bits per heavy atom. The largest absolute Gasteiger partial charge is 0.480 e. The summed E-state index contributed by atoms with van der Waals surface area (Å²) in [5.74, 6) is -1.07. The first kappa shape index (κ1) is 14.7. The Hall–Kier alpha value is -1.73. The summed E-state index contributed by atoms with van der Waals surface area (Å²) in [5.41, 5.74) is -0.627. The SMILES string of the molecule is O=C(O)[C@H]1CCCN1C(=O)N1CC=C(C(F)(F)F)CC1. The van der Waals surface area contributed by atoms with Gasteiger partial charge < -0.3 is 14.9 Å². The Balaban J connectivity index is 2.02. The molecule has 1 N–H and O–H groups in total. The second kappa shape index (κ2) is 5.34. The topological polar surface area (TPSA) is 60.9 Å². The number of carbonyl (C=O) groups is 2. The highest BCUT2D eigenvalue weighted by molar-refractivity contribution is 5.83. The third kappa shape index (κ3) is 2.88. The van der Waals surface area contributed by atoms with E-state index in [1.54, 1.807) is 0 Å². The van der Waals surface area contributed by atoms with Crippen LogP contribution in [-0.2, 0) is 4.79 Å². The predicted octanol–water partition coefficient (Wildman–Crippen LogP) is 1.85. The van der Waals surface area contributed by atoms with Gasteiger partial charge in [0.1, 0.15) is 6.04 Å². The summed E-state index contributed by atoms with van der Waals surface area (Å²) in [7, 11) is 0. The number of urea groups is 1. The van der Waals surface area contributed by atoms with Crippen LogP contribution in [0.5, 0.6) is 0 Å². The molecule has 0 unspecified atom stereocenters. The van der Waals surface area contributed by atoms with Crippen molar-refractivity contribution in [3.05, 3.63) is 11.6 Å². The van der Waals surface area contributed by atoms with Crippen molar-refractivity contribution in [2.45, 2.75) is 31.5 Å². The number of hydrogen-bond donors (Lipinski definition) is 1. The van der Waals surface area contributed by atoms with Crippen LogP contribution in [0, 0.1) is 0 Å². The van der Waals surface area contributed by atoms with Crippen molar-refractivity contribution in [2.24, 2.45) is 0 Å². The minimum atomic E-state index is -4.35. The molecule has 0 aromatic rings. The number of amides is 2. The lowest BCUT2D eigenvalue weighted by Gasteiger charge is -2.32. The molecule has 0 aromatic carbocycles. The van der Waals surface area contributed by atoms with Gasteiger partial charge in [-0.1, -0.05) is 6.08 Å². The van der Waals surface area contributed by atoms with Gasteiger partial charge in [0, 0.05) is 25.2 Å². The number of hydrogen-bond acceptors (Lipinski definition) is 2. The van der Waals surface area contributed by atoms with Crippen LogP contribution in [0.4, 0.5) is 18.0 Å². The molecule has 2 heterocycles. The average molecular weight is 292 g/mol. The fourth-order valence-electron chi connectivity index (χ4n) is 2.53. The minimum Gasteiger partial charge on any atom is -0.480 e. The van der Waals surface area contributed by atoms with Crippen molar-refractivity contribution in [2.75, 3.05) is 19.6 Å². The minimum absolute atomic E-state index is 0.0347. The van der Waals surface area contributed by atoms with E-state index in [9.17, 15) is 22.8 Å². The molecule has 112 valence electrons. The van der Waals surface area contributed by atoms with Crippen molar-refractivity contribution in [1.29, 1.82) is 0 Å². The molecule has 0 aliphatic carbocycles. The van der Waals surface area contributed by atoms with Crippen LogP contribution in [-0.4, -0.2) is 58.8 Å². The summed E-state index contributed by atoms with van der Waals surface area (Å²) in [6.45, 7) is 0.172. The molecule has 0 aromatic heterocycles. The van der Waals surface area contributed by atoms with E-state index < -0.39 is 29.8 Å². The Bertz CT molecular complexity index is 448. The number of aliphatic carboxylic acids is 1. The van der Waals surface area contributed by atoms with Gasteiger partial charge in [-0.15, -0.1) is 0 Å². The maximum absolute atomic E-state index is 12.5. The van der Waals surface area contributed by atoms with Crippen molar-refractivity contribution < 1.29 is 27.9 Å². The average Bonchev–Trinajstić information content (AvgIpc) is 2.86. The Morgan fingerprint density at radius 2 is 2.00 bits per heavy atom. The molecule has 2 aliphatic rings. The molecule has 1 saturated heterocycles. The Kier molecular flexibility index (Phi) is 3.92. The fourth-order valence-corrected chi connectivity index (χ4v) is 2.53. The molecule has 1 fully saturated rings. The summed E-state index contributed by atoms with van der Waals surface area (Å²) < 4.78 is 37.4. The zero-order chi connectivity index (χ0) is 14.9. The molecule has 2 rings (SSSR count). The molecule has 5 nitrogen and oxygen atoms in total. The summed E-state index contributed by atoms with van der Waals surface area (Å²) in [5, 5.41) is 9.01. The van der Waals surface area contributed by atoms with Gasteiger partial charge in [0.2, 0.25) is 0 Å². The van der Waals surface area contributed by atoms with E-state index in [0.717, 1.165) is 6.08 Å². The van der Waals surface area contributed by atoms with Crippen molar-refractivity contribution in [3.63, 3.8) is 0 Å². The maximum Gasteiger partial charge on any atom is 0.412 e. The van der Waals surface area contributed by atoms with Crippen molar-refractivity contribution >= 4 is 12.0 Å². The number of likely N-dealkylation sites (tertiary alicyclic amines) is 1. The van der Waals surface area contributed by atoms with Crippen LogP contribution in [0.1, 0.15) is 19.3 Å². The molecular weight excluding hydrogens is 277 g/mol. The zero-order valence-electron chi connectivity index (χ0n) is 10.7. The van der Waals surface area contributed by atoms with Gasteiger partial charge >= 0.3 is 18.2 Å². The second-order valence-electron chi connectivity index (χ2n) is 4.90. The monoisotopic (exact) mass is 292 g/mol. The van der Waals surface area contributed by atoms with E-state index in [-0.39, 0.29) is 19.5 Å². The highest BCUT2D eigenvalue weighted by atomic mass is 19.4. The first-order chi connectivity index (χ1) is 9.30. The van der Waals surface area contributed by atoms with E-state index in [1.807, 2.05) is 0 Å². The first-order valence-electron chi connectivity index (χ1n) is 6.35. The summed E-state index contributed by atoms with van der Waals surface area (Å²) in [4.78, 5) is 25.7. The molecule has 8 heteroatoms. The standard InChI is InChI=1S/C12H15F3N2O3/c13-12(14,15)8-3-6-16(7-4-8)11(20)17-5-1-2-9(17)10(18)19/h3,9H,1-2,4-7H2,(H,18,19)/t9-/m1/s1. The number of carboxylic acids is 1. The molecule has 0 saturated carbocycles. The summed E-state index contributed by atoms with van der Waals surface area (Å²) in [6.07, 6.45) is -2.63. The van der Waals surface area contributed by atoms with Gasteiger partial charge in [0.15, 0.2) is 0 Å². The number of alkyl halides is 3. The highest BCUT2D eigenvalue weighted by Gasteiger charge is 2.39. The fraction of sp³-hybridized carbons (Fsp3) is 0.667. The summed E-state index contributed by atoms with van der Waals surface area (Å²) in [6, 6.07) is -1.36. The van der Waals surface area contributed by atoms with Crippen molar-refractivity contribution in [1.82, 2.24) is 9.80 Å². The summed E-state index contributed by atoms with van der Waals surface area (Å²) >= 11 is 0. The molecule has 20 heavy (non-hydrogen) atoms. The number of carboxylic acid groups (broad SMARTS) is 1. The zero-order valence-corrected chi connectivity index (χ0v) is 10.7. The van der Waals surface area contributed by atoms with E-state index in [0.29, 0.717) is 19.4 Å². The van der Waals surface area contributed by atoms with Crippen LogP contribution in [0.15, 0.2) is 11.6 Å². The molecule has 2 aliphatic heterocycles. The quantitative estimate of drug-likeness (QED) is 0.750.